The molecule has 0 bridgehead atoms. The van der Waals surface area contributed by atoms with Gasteiger partial charge in [0.25, 0.3) is 0 Å². The highest BCUT2D eigenvalue weighted by Gasteiger charge is 2.16. The van der Waals surface area contributed by atoms with Gasteiger partial charge in [-0.25, -0.2) is 0 Å². The second-order valence-electron chi connectivity index (χ2n) is 4.31. The number of nitrogens with one attached hydrogen (secondary N) is 2. The zero-order valence-electron chi connectivity index (χ0n) is 9.31. The Labute approximate surface area is 92.8 Å². The fourth-order valence-corrected chi connectivity index (χ4v) is 2.34. The van der Waals surface area contributed by atoms with Crippen LogP contribution in [0.25, 0.3) is 0 Å². The van der Waals surface area contributed by atoms with Crippen molar-refractivity contribution in [1.29, 1.82) is 0 Å². The van der Waals surface area contributed by atoms with Crippen LogP contribution >= 0.6 is 12.2 Å². The lowest BCUT2D eigenvalue weighted by Gasteiger charge is -2.18. The predicted molar refractivity (Wildman–Crippen MR) is 65.4 cm³/mol. The van der Waals surface area contributed by atoms with E-state index < -0.39 is 0 Å². The molecule has 82 valence electrons. The molecular weight excluding hydrogens is 192 g/mol. The molecule has 0 aliphatic heterocycles. The highest BCUT2D eigenvalue weighted by molar-refractivity contribution is 7.80. The molecule has 0 aromatic rings. The molecule has 0 aromatic heterocycles. The maximum Gasteiger partial charge on any atom is 0.166 e. The van der Waals surface area contributed by atoms with Crippen LogP contribution in [0.4, 0.5) is 0 Å². The first-order valence-electron chi connectivity index (χ1n) is 5.76. The highest BCUT2D eigenvalue weighted by Crippen LogP contribution is 2.22. The van der Waals surface area contributed by atoms with Crippen LogP contribution in [0.1, 0.15) is 46.0 Å². The van der Waals surface area contributed by atoms with Crippen LogP contribution in [-0.2, 0) is 0 Å². The van der Waals surface area contributed by atoms with Crippen LogP contribution in [0.15, 0.2) is 0 Å². The smallest absolute Gasteiger partial charge is 0.166 e. The Morgan fingerprint density at radius 3 is 2.79 bits per heavy atom. The molecule has 2 unspecified atom stereocenters. The lowest BCUT2D eigenvalue weighted by molar-refractivity contribution is 0.489. The first-order valence-corrected chi connectivity index (χ1v) is 6.17. The number of thiocarbonyl (C=S) groups is 1. The van der Waals surface area contributed by atoms with Gasteiger partial charge in [0.15, 0.2) is 5.11 Å². The van der Waals surface area contributed by atoms with E-state index in [-0.39, 0.29) is 0 Å². The number of rotatable bonds is 2. The minimum Gasteiger partial charge on any atom is -0.363 e. The van der Waals surface area contributed by atoms with Gasteiger partial charge in [0.1, 0.15) is 0 Å². The molecule has 0 amide bonds. The SMILES string of the molecule is CCNC(=S)NC1CCCC(C)CC1. The van der Waals surface area contributed by atoms with Crippen molar-refractivity contribution in [3.05, 3.63) is 0 Å². The third-order valence-corrected chi connectivity index (χ3v) is 3.19. The van der Waals surface area contributed by atoms with E-state index in [2.05, 4.69) is 24.5 Å². The Hall–Kier alpha value is -0.310. The zero-order chi connectivity index (χ0) is 10.4. The summed E-state index contributed by atoms with van der Waals surface area (Å²) in [5.74, 6) is 0.898. The van der Waals surface area contributed by atoms with Gasteiger partial charge in [0.2, 0.25) is 0 Å². The van der Waals surface area contributed by atoms with Crippen LogP contribution in [-0.4, -0.2) is 17.7 Å². The van der Waals surface area contributed by atoms with E-state index in [0.29, 0.717) is 6.04 Å². The highest BCUT2D eigenvalue weighted by atomic mass is 32.1. The third-order valence-electron chi connectivity index (χ3n) is 2.93. The molecule has 1 rings (SSSR count). The fourth-order valence-electron chi connectivity index (χ4n) is 2.03. The average molecular weight is 214 g/mol. The molecule has 2 N–H and O–H groups in total. The summed E-state index contributed by atoms with van der Waals surface area (Å²) < 4.78 is 0. The van der Waals surface area contributed by atoms with E-state index >= 15 is 0 Å². The van der Waals surface area contributed by atoms with Crippen molar-refractivity contribution in [2.24, 2.45) is 5.92 Å². The van der Waals surface area contributed by atoms with E-state index in [1.54, 1.807) is 0 Å². The summed E-state index contributed by atoms with van der Waals surface area (Å²) in [4.78, 5) is 0. The predicted octanol–water partition coefficient (Wildman–Crippen LogP) is 2.44. The molecule has 14 heavy (non-hydrogen) atoms. The Bertz CT molecular complexity index is 182. The summed E-state index contributed by atoms with van der Waals surface area (Å²) in [5, 5.41) is 7.37. The van der Waals surface area contributed by atoms with Gasteiger partial charge in [0.05, 0.1) is 0 Å². The van der Waals surface area contributed by atoms with Crippen molar-refractivity contribution >= 4 is 17.3 Å². The summed E-state index contributed by atoms with van der Waals surface area (Å²) in [6.45, 7) is 5.34. The molecule has 2 atom stereocenters. The molecule has 1 aliphatic carbocycles. The Morgan fingerprint density at radius 1 is 1.29 bits per heavy atom. The van der Waals surface area contributed by atoms with E-state index in [0.717, 1.165) is 17.6 Å². The van der Waals surface area contributed by atoms with E-state index in [4.69, 9.17) is 12.2 Å². The second kappa shape index (κ2) is 6.23. The maximum absolute atomic E-state index is 5.19. The molecule has 0 aromatic carbocycles. The van der Waals surface area contributed by atoms with Crippen LogP contribution in [0.5, 0.6) is 0 Å². The largest absolute Gasteiger partial charge is 0.363 e. The van der Waals surface area contributed by atoms with Gasteiger partial charge >= 0.3 is 0 Å². The molecular formula is C11H22N2S. The van der Waals surface area contributed by atoms with E-state index in [9.17, 15) is 0 Å². The van der Waals surface area contributed by atoms with Gasteiger partial charge in [-0.3, -0.25) is 0 Å². The average Bonchev–Trinajstić information content (AvgIpc) is 2.32. The van der Waals surface area contributed by atoms with Crippen molar-refractivity contribution in [2.45, 2.75) is 52.0 Å². The topological polar surface area (TPSA) is 24.1 Å². The minimum atomic E-state index is 0.603. The van der Waals surface area contributed by atoms with Crippen molar-refractivity contribution in [3.8, 4) is 0 Å². The molecule has 0 spiro atoms. The molecule has 0 radical (unpaired) electrons. The monoisotopic (exact) mass is 214 g/mol. The summed E-state index contributed by atoms with van der Waals surface area (Å²) in [6, 6.07) is 0.603. The Kier molecular flexibility index (Phi) is 5.23. The van der Waals surface area contributed by atoms with Crippen molar-refractivity contribution in [1.82, 2.24) is 10.6 Å². The summed E-state index contributed by atoms with van der Waals surface area (Å²) in [5.41, 5.74) is 0. The quantitative estimate of drug-likeness (QED) is 0.545. The van der Waals surface area contributed by atoms with E-state index in [1.165, 1.54) is 32.1 Å². The fraction of sp³-hybridized carbons (Fsp3) is 0.909. The summed E-state index contributed by atoms with van der Waals surface area (Å²) in [6.07, 6.45) is 6.61. The Morgan fingerprint density at radius 2 is 2.07 bits per heavy atom. The molecule has 0 heterocycles. The van der Waals surface area contributed by atoms with Crippen LogP contribution in [0.3, 0.4) is 0 Å². The lowest BCUT2D eigenvalue weighted by atomic mass is 10.0. The molecule has 1 saturated carbocycles. The maximum atomic E-state index is 5.19. The number of hydrogen-bond acceptors (Lipinski definition) is 1. The zero-order valence-corrected chi connectivity index (χ0v) is 10.1. The lowest BCUT2D eigenvalue weighted by Crippen LogP contribution is -2.41. The van der Waals surface area contributed by atoms with Gasteiger partial charge in [-0.15, -0.1) is 0 Å². The number of hydrogen-bond donors (Lipinski definition) is 2. The standard InChI is InChI=1S/C11H22N2S/c1-3-12-11(14)13-10-6-4-5-9(2)7-8-10/h9-10H,3-8H2,1-2H3,(H2,12,13,14). The van der Waals surface area contributed by atoms with Gasteiger partial charge in [-0.2, -0.15) is 0 Å². The molecule has 3 heteroatoms. The van der Waals surface area contributed by atoms with Crippen molar-refractivity contribution < 1.29 is 0 Å². The van der Waals surface area contributed by atoms with Crippen molar-refractivity contribution in [3.63, 3.8) is 0 Å². The van der Waals surface area contributed by atoms with Crippen molar-refractivity contribution in [2.75, 3.05) is 6.54 Å². The normalized spacial score (nSPS) is 27.9. The molecule has 2 nitrogen and oxygen atoms in total. The molecule has 1 fully saturated rings. The van der Waals surface area contributed by atoms with Crippen LogP contribution in [0, 0.1) is 5.92 Å². The van der Waals surface area contributed by atoms with Crippen LogP contribution in [0.2, 0.25) is 0 Å². The van der Waals surface area contributed by atoms with Gasteiger partial charge in [-0.1, -0.05) is 19.8 Å². The molecule has 0 saturated heterocycles. The third kappa shape index (κ3) is 4.27. The van der Waals surface area contributed by atoms with Crippen LogP contribution < -0.4 is 10.6 Å². The van der Waals surface area contributed by atoms with Gasteiger partial charge in [-0.05, 0) is 44.3 Å². The first-order chi connectivity index (χ1) is 6.72. The Balaban J connectivity index is 2.26. The molecule has 1 aliphatic rings. The van der Waals surface area contributed by atoms with Gasteiger partial charge in [0, 0.05) is 12.6 Å². The second-order valence-corrected chi connectivity index (χ2v) is 4.72. The first kappa shape index (κ1) is 11.8. The summed E-state index contributed by atoms with van der Waals surface area (Å²) in [7, 11) is 0. The van der Waals surface area contributed by atoms with E-state index in [1.807, 2.05) is 0 Å². The van der Waals surface area contributed by atoms with Gasteiger partial charge < -0.3 is 10.6 Å². The minimum absolute atomic E-state index is 0.603. The summed E-state index contributed by atoms with van der Waals surface area (Å²) >= 11 is 5.19.